The Bertz CT molecular complexity index is 1060. The van der Waals surface area contributed by atoms with Gasteiger partial charge in [-0.25, -0.2) is 9.78 Å². The average molecular weight is 446 g/mol. The summed E-state index contributed by atoms with van der Waals surface area (Å²) in [4.78, 5) is 43.0. The lowest BCUT2D eigenvalue weighted by Crippen LogP contribution is -2.54. The summed E-state index contributed by atoms with van der Waals surface area (Å²) in [6, 6.07) is 6.63. The monoisotopic (exact) mass is 445 g/mol. The van der Waals surface area contributed by atoms with Crippen molar-refractivity contribution in [1.29, 1.82) is 0 Å². The Balaban J connectivity index is 1.42. The molecule has 164 valence electrons. The van der Waals surface area contributed by atoms with Gasteiger partial charge >= 0.3 is 12.0 Å². The first-order valence-corrected chi connectivity index (χ1v) is 10.6. The SMILES string of the molecule is COc1ccc2cc(COC(=O)CN3C(=O)NC4(CCCCC4C)C3=O)c(Cl)nc2c1. The fraction of sp³-hybridized carbons (Fsp3) is 0.455. The van der Waals surface area contributed by atoms with Gasteiger partial charge in [0, 0.05) is 17.0 Å². The third kappa shape index (κ3) is 3.92. The maximum absolute atomic E-state index is 13.0. The van der Waals surface area contributed by atoms with Gasteiger partial charge in [-0.15, -0.1) is 0 Å². The van der Waals surface area contributed by atoms with Gasteiger partial charge in [0.2, 0.25) is 0 Å². The summed E-state index contributed by atoms with van der Waals surface area (Å²) in [5, 5.41) is 3.85. The highest BCUT2D eigenvalue weighted by Gasteiger charge is 2.55. The molecule has 8 nitrogen and oxygen atoms in total. The first-order chi connectivity index (χ1) is 14.8. The highest BCUT2D eigenvalue weighted by Crippen LogP contribution is 2.38. The van der Waals surface area contributed by atoms with Crippen LogP contribution in [0.2, 0.25) is 5.15 Å². The standard InChI is InChI=1S/C22H24ClN3O5/c1-13-5-3-4-8-22(13)20(28)26(21(29)25-22)11-18(27)31-12-15-9-14-6-7-16(30-2)10-17(14)24-19(15)23/h6-7,9-10,13H,3-5,8,11-12H2,1-2H3,(H,25,29). The number of urea groups is 1. The number of amides is 3. The van der Waals surface area contributed by atoms with E-state index in [2.05, 4.69) is 10.3 Å². The van der Waals surface area contributed by atoms with E-state index < -0.39 is 24.1 Å². The molecule has 1 saturated heterocycles. The third-order valence-electron chi connectivity index (χ3n) is 6.23. The van der Waals surface area contributed by atoms with E-state index >= 15 is 0 Å². The number of pyridine rings is 1. The molecule has 1 spiro atoms. The van der Waals surface area contributed by atoms with E-state index in [1.54, 1.807) is 25.3 Å². The number of rotatable bonds is 5. The number of carbonyl (C=O) groups excluding carboxylic acids is 3. The minimum atomic E-state index is -0.901. The highest BCUT2D eigenvalue weighted by atomic mass is 35.5. The van der Waals surface area contributed by atoms with E-state index in [9.17, 15) is 14.4 Å². The van der Waals surface area contributed by atoms with Crippen LogP contribution in [0.1, 0.15) is 38.2 Å². The summed E-state index contributed by atoms with van der Waals surface area (Å²) in [6.45, 7) is 1.41. The number of imide groups is 1. The van der Waals surface area contributed by atoms with Gasteiger partial charge < -0.3 is 14.8 Å². The summed E-state index contributed by atoms with van der Waals surface area (Å²) >= 11 is 6.24. The number of aromatic nitrogens is 1. The van der Waals surface area contributed by atoms with Crippen LogP contribution in [0.4, 0.5) is 4.79 Å². The number of esters is 1. The Labute approximate surface area is 184 Å². The van der Waals surface area contributed by atoms with Gasteiger partial charge in [0.25, 0.3) is 5.91 Å². The van der Waals surface area contributed by atoms with Crippen molar-refractivity contribution < 1.29 is 23.9 Å². The van der Waals surface area contributed by atoms with Gasteiger partial charge in [-0.3, -0.25) is 14.5 Å². The predicted octanol–water partition coefficient (Wildman–Crippen LogP) is 3.44. The zero-order chi connectivity index (χ0) is 22.2. The van der Waals surface area contributed by atoms with Crippen molar-refractivity contribution in [2.24, 2.45) is 5.92 Å². The molecule has 1 saturated carbocycles. The summed E-state index contributed by atoms with van der Waals surface area (Å²) in [7, 11) is 1.57. The van der Waals surface area contributed by atoms with Crippen LogP contribution < -0.4 is 10.1 Å². The van der Waals surface area contributed by atoms with Crippen LogP contribution in [0, 0.1) is 5.92 Å². The molecule has 2 atom stereocenters. The fourth-order valence-corrected chi connectivity index (χ4v) is 4.57. The Kier molecular flexibility index (Phi) is 5.75. The summed E-state index contributed by atoms with van der Waals surface area (Å²) in [6.07, 6.45) is 3.35. The first-order valence-electron chi connectivity index (χ1n) is 10.3. The summed E-state index contributed by atoms with van der Waals surface area (Å²) in [5.74, 6) is -0.343. The van der Waals surface area contributed by atoms with Crippen molar-refractivity contribution in [1.82, 2.24) is 15.2 Å². The predicted molar refractivity (Wildman–Crippen MR) is 114 cm³/mol. The highest BCUT2D eigenvalue weighted by molar-refractivity contribution is 6.30. The minimum absolute atomic E-state index is 0.0276. The number of nitrogens with one attached hydrogen (secondary N) is 1. The van der Waals surface area contributed by atoms with Crippen molar-refractivity contribution in [2.45, 2.75) is 44.8 Å². The van der Waals surface area contributed by atoms with Crippen LogP contribution in [0.3, 0.4) is 0 Å². The molecule has 2 aliphatic rings. The first kappa shape index (κ1) is 21.4. The Morgan fingerprint density at radius 1 is 1.32 bits per heavy atom. The number of halogens is 1. The molecule has 1 aliphatic carbocycles. The van der Waals surface area contributed by atoms with Crippen molar-refractivity contribution in [2.75, 3.05) is 13.7 Å². The largest absolute Gasteiger partial charge is 0.497 e. The molecular weight excluding hydrogens is 422 g/mol. The fourth-order valence-electron chi connectivity index (χ4n) is 4.37. The van der Waals surface area contributed by atoms with Crippen molar-refractivity contribution in [3.63, 3.8) is 0 Å². The number of benzene rings is 1. The molecule has 1 aromatic carbocycles. The molecule has 0 bridgehead atoms. The number of nitrogens with zero attached hydrogens (tertiary/aromatic N) is 2. The van der Waals surface area contributed by atoms with Gasteiger partial charge in [0.05, 0.1) is 12.6 Å². The van der Waals surface area contributed by atoms with Gasteiger partial charge in [0.1, 0.15) is 29.6 Å². The van der Waals surface area contributed by atoms with Crippen molar-refractivity contribution >= 4 is 40.4 Å². The van der Waals surface area contributed by atoms with Crippen LogP contribution in [0.5, 0.6) is 5.75 Å². The van der Waals surface area contributed by atoms with Crippen LogP contribution in [0.15, 0.2) is 24.3 Å². The zero-order valence-electron chi connectivity index (χ0n) is 17.4. The molecule has 0 radical (unpaired) electrons. The van der Waals surface area contributed by atoms with Crippen LogP contribution in [0.25, 0.3) is 10.9 Å². The molecule has 31 heavy (non-hydrogen) atoms. The second-order valence-corrected chi connectivity index (χ2v) is 8.46. The second kappa shape index (κ2) is 8.34. The van der Waals surface area contributed by atoms with Crippen molar-refractivity contribution in [3.05, 3.63) is 35.0 Å². The van der Waals surface area contributed by atoms with E-state index in [1.165, 1.54) is 0 Å². The maximum atomic E-state index is 13.0. The van der Waals surface area contributed by atoms with E-state index in [1.807, 2.05) is 13.0 Å². The molecule has 2 heterocycles. The van der Waals surface area contributed by atoms with Crippen molar-refractivity contribution in [3.8, 4) is 5.75 Å². The molecule has 9 heteroatoms. The topological polar surface area (TPSA) is 97.8 Å². The number of fused-ring (bicyclic) bond motifs is 1. The van der Waals surface area contributed by atoms with Gasteiger partial charge in [0.15, 0.2) is 0 Å². The number of carbonyl (C=O) groups is 3. The maximum Gasteiger partial charge on any atom is 0.326 e. The average Bonchev–Trinajstić information content (AvgIpc) is 2.98. The minimum Gasteiger partial charge on any atom is -0.497 e. The van der Waals surface area contributed by atoms with Gasteiger partial charge in [-0.2, -0.15) is 0 Å². The molecular formula is C22H24ClN3O5. The molecule has 4 rings (SSSR count). The molecule has 3 amide bonds. The van der Waals surface area contributed by atoms with Gasteiger partial charge in [-0.05, 0) is 37.0 Å². The lowest BCUT2D eigenvalue weighted by Gasteiger charge is -2.36. The van der Waals surface area contributed by atoms with Crippen LogP contribution in [-0.4, -0.2) is 47.0 Å². The zero-order valence-corrected chi connectivity index (χ0v) is 18.2. The smallest absolute Gasteiger partial charge is 0.326 e. The number of hydrogen-bond donors (Lipinski definition) is 1. The van der Waals surface area contributed by atoms with E-state index in [-0.39, 0.29) is 23.6 Å². The number of ether oxygens (including phenoxy) is 2. The molecule has 1 aliphatic heterocycles. The normalized spacial score (nSPS) is 23.3. The van der Waals surface area contributed by atoms with Crippen LogP contribution in [-0.2, 0) is 20.9 Å². The molecule has 1 aromatic heterocycles. The second-order valence-electron chi connectivity index (χ2n) is 8.10. The van der Waals surface area contributed by atoms with Crippen LogP contribution >= 0.6 is 11.6 Å². The molecule has 1 N–H and O–H groups in total. The van der Waals surface area contributed by atoms with E-state index in [0.29, 0.717) is 23.3 Å². The Morgan fingerprint density at radius 2 is 2.13 bits per heavy atom. The van der Waals surface area contributed by atoms with E-state index in [0.717, 1.165) is 29.5 Å². The number of hydrogen-bond acceptors (Lipinski definition) is 6. The Hall–Kier alpha value is -2.87. The number of methoxy groups -OCH3 is 1. The van der Waals surface area contributed by atoms with E-state index in [4.69, 9.17) is 21.1 Å². The molecule has 2 aromatic rings. The van der Waals surface area contributed by atoms with Gasteiger partial charge in [-0.1, -0.05) is 31.4 Å². The lowest BCUT2D eigenvalue weighted by molar-refractivity contribution is -0.149. The summed E-state index contributed by atoms with van der Waals surface area (Å²) < 4.78 is 10.5. The third-order valence-corrected chi connectivity index (χ3v) is 6.56. The molecule has 2 fully saturated rings. The lowest BCUT2D eigenvalue weighted by atomic mass is 9.73. The quantitative estimate of drug-likeness (QED) is 0.430. The Morgan fingerprint density at radius 3 is 2.87 bits per heavy atom. The summed E-state index contributed by atoms with van der Waals surface area (Å²) in [5.41, 5.74) is 0.287. The molecule has 2 unspecified atom stereocenters.